The van der Waals surface area contributed by atoms with E-state index in [2.05, 4.69) is 4.90 Å². The highest BCUT2D eigenvalue weighted by atomic mass is 32.2. The van der Waals surface area contributed by atoms with Gasteiger partial charge >= 0.3 is 12.1 Å². The van der Waals surface area contributed by atoms with E-state index in [0.29, 0.717) is 48.7 Å². The van der Waals surface area contributed by atoms with Crippen LogP contribution in [0.3, 0.4) is 0 Å². The molecule has 0 aromatic heterocycles. The van der Waals surface area contributed by atoms with Gasteiger partial charge in [0.25, 0.3) is 0 Å². The largest absolute Gasteiger partial charge is 0.478 e. The van der Waals surface area contributed by atoms with Gasteiger partial charge in [-0.25, -0.2) is 9.18 Å². The number of thioether (sulfide) groups is 1. The Hall–Kier alpha value is -2.04. The van der Waals surface area contributed by atoms with Crippen LogP contribution < -0.4 is 0 Å². The molecule has 1 N–H and O–H groups in total. The van der Waals surface area contributed by atoms with Gasteiger partial charge in [0.05, 0.1) is 29.4 Å². The van der Waals surface area contributed by atoms with Crippen LogP contribution in [0.15, 0.2) is 40.5 Å². The number of hydrogen-bond donors (Lipinski definition) is 1. The zero-order chi connectivity index (χ0) is 22.8. The zero-order valence-electron chi connectivity index (χ0n) is 17.2. The molecule has 1 saturated heterocycles. The molecule has 2 heterocycles. The van der Waals surface area contributed by atoms with Gasteiger partial charge in [-0.3, -0.25) is 4.90 Å². The van der Waals surface area contributed by atoms with E-state index in [4.69, 9.17) is 4.74 Å². The van der Waals surface area contributed by atoms with Gasteiger partial charge in [-0.1, -0.05) is 13.0 Å². The molecule has 0 bridgehead atoms. The van der Waals surface area contributed by atoms with Crippen molar-refractivity contribution < 1.29 is 32.2 Å². The molecule has 0 spiro atoms. The Kier molecular flexibility index (Phi) is 7.33. The monoisotopic (exact) mass is 460 g/mol. The number of alkyl halides is 3. The third kappa shape index (κ3) is 5.24. The average Bonchev–Trinajstić information content (AvgIpc) is 2.70. The Labute approximate surface area is 182 Å². The minimum Gasteiger partial charge on any atom is -0.478 e. The van der Waals surface area contributed by atoms with Crippen molar-refractivity contribution in [2.75, 3.05) is 32.1 Å². The number of carbonyl (C=O) groups is 1. The second-order valence-electron chi connectivity index (χ2n) is 7.26. The molecule has 5 nitrogen and oxygen atoms in total. The Morgan fingerprint density at radius 3 is 2.52 bits per heavy atom. The standard InChI is InChI=1S/C21H24F4N2O3S/c1-3-31-19-18(20(28)29)13(2)10-17(26-6-8-30-9-7-26)27(19)12-14-4-5-15(11-16(14)22)21(23,24)25/h4-5,10-11,17H,3,6-9,12H2,1-2H3,(H,28,29). The van der Waals surface area contributed by atoms with E-state index in [-0.39, 0.29) is 23.8 Å². The number of aliphatic carboxylic acids is 1. The maximum atomic E-state index is 14.6. The molecule has 3 rings (SSSR count). The van der Waals surface area contributed by atoms with Crippen molar-refractivity contribution >= 4 is 17.7 Å². The molecule has 0 amide bonds. The number of carboxylic acid groups (broad SMARTS) is 1. The molecule has 0 saturated carbocycles. The van der Waals surface area contributed by atoms with Crippen LogP contribution >= 0.6 is 11.8 Å². The highest BCUT2D eigenvalue weighted by Gasteiger charge is 2.36. The number of hydrogen-bond acceptors (Lipinski definition) is 5. The summed E-state index contributed by atoms with van der Waals surface area (Å²) in [6, 6.07) is 2.45. The number of ether oxygens (including phenoxy) is 1. The van der Waals surface area contributed by atoms with Gasteiger partial charge in [0, 0.05) is 25.2 Å². The second kappa shape index (κ2) is 9.62. The predicted octanol–water partition coefficient (Wildman–Crippen LogP) is 4.31. The number of nitrogens with zero attached hydrogens (tertiary/aromatic N) is 2. The first-order valence-corrected chi connectivity index (χ1v) is 10.8. The van der Waals surface area contributed by atoms with Gasteiger partial charge in [-0.05, 0) is 36.5 Å². The smallest absolute Gasteiger partial charge is 0.416 e. The number of morpholine rings is 1. The fourth-order valence-corrected chi connectivity index (χ4v) is 4.73. The molecular weight excluding hydrogens is 436 g/mol. The number of rotatable bonds is 6. The lowest BCUT2D eigenvalue weighted by molar-refractivity contribution is -0.138. The van der Waals surface area contributed by atoms with Crippen molar-refractivity contribution in [3.63, 3.8) is 0 Å². The van der Waals surface area contributed by atoms with Crippen LogP contribution in [-0.2, 0) is 22.3 Å². The van der Waals surface area contributed by atoms with Gasteiger partial charge in [0.15, 0.2) is 0 Å². The van der Waals surface area contributed by atoms with Crippen LogP contribution in [-0.4, -0.2) is 59.1 Å². The van der Waals surface area contributed by atoms with Crippen molar-refractivity contribution in [2.24, 2.45) is 0 Å². The lowest BCUT2D eigenvalue weighted by atomic mass is 10.0. The van der Waals surface area contributed by atoms with Crippen LogP contribution in [0.1, 0.15) is 25.0 Å². The van der Waals surface area contributed by atoms with Crippen molar-refractivity contribution in [2.45, 2.75) is 32.7 Å². The Morgan fingerprint density at radius 2 is 1.97 bits per heavy atom. The molecule has 10 heteroatoms. The lowest BCUT2D eigenvalue weighted by Gasteiger charge is -2.44. The highest BCUT2D eigenvalue weighted by Crippen LogP contribution is 2.38. The Balaban J connectivity index is 2.03. The molecule has 1 fully saturated rings. The maximum absolute atomic E-state index is 14.6. The first-order valence-electron chi connectivity index (χ1n) is 9.86. The summed E-state index contributed by atoms with van der Waals surface area (Å²) in [5.74, 6) is -1.48. The van der Waals surface area contributed by atoms with E-state index in [1.165, 1.54) is 11.8 Å². The summed E-state index contributed by atoms with van der Waals surface area (Å²) >= 11 is 1.32. The van der Waals surface area contributed by atoms with Crippen LogP contribution in [0.4, 0.5) is 17.6 Å². The number of halogens is 4. The minimum absolute atomic E-state index is 0.0606. The fraction of sp³-hybridized carbons (Fsp3) is 0.476. The van der Waals surface area contributed by atoms with Crippen LogP contribution in [0, 0.1) is 5.82 Å². The second-order valence-corrected chi connectivity index (χ2v) is 8.51. The third-order valence-electron chi connectivity index (χ3n) is 5.22. The van der Waals surface area contributed by atoms with Gasteiger partial charge in [0.1, 0.15) is 12.0 Å². The summed E-state index contributed by atoms with van der Waals surface area (Å²) in [7, 11) is 0. The van der Waals surface area contributed by atoms with E-state index in [0.717, 1.165) is 12.1 Å². The summed E-state index contributed by atoms with van der Waals surface area (Å²) in [5.41, 5.74) is -0.260. The molecule has 31 heavy (non-hydrogen) atoms. The van der Waals surface area contributed by atoms with Gasteiger partial charge < -0.3 is 14.7 Å². The predicted molar refractivity (Wildman–Crippen MR) is 110 cm³/mol. The summed E-state index contributed by atoms with van der Waals surface area (Å²) in [6.45, 7) is 5.78. The number of benzene rings is 1. The molecule has 0 radical (unpaired) electrons. The fourth-order valence-electron chi connectivity index (χ4n) is 3.73. The van der Waals surface area contributed by atoms with E-state index >= 15 is 0 Å². The minimum atomic E-state index is -4.64. The zero-order valence-corrected chi connectivity index (χ0v) is 18.0. The van der Waals surface area contributed by atoms with Crippen LogP contribution in [0.5, 0.6) is 0 Å². The molecule has 2 aliphatic heterocycles. The van der Waals surface area contributed by atoms with Crippen molar-refractivity contribution in [3.8, 4) is 0 Å². The van der Waals surface area contributed by atoms with Gasteiger partial charge in [-0.2, -0.15) is 13.2 Å². The lowest BCUT2D eigenvalue weighted by Crippen LogP contribution is -2.52. The van der Waals surface area contributed by atoms with Crippen molar-refractivity contribution in [1.82, 2.24) is 9.80 Å². The van der Waals surface area contributed by atoms with E-state index in [1.807, 2.05) is 13.0 Å². The molecule has 0 aliphatic carbocycles. The Morgan fingerprint density at radius 1 is 1.29 bits per heavy atom. The summed E-state index contributed by atoms with van der Waals surface area (Å²) < 4.78 is 58.8. The van der Waals surface area contributed by atoms with E-state index in [9.17, 15) is 27.5 Å². The third-order valence-corrected chi connectivity index (χ3v) is 6.22. The molecule has 2 aliphatic rings. The summed E-state index contributed by atoms with van der Waals surface area (Å²) in [6.07, 6.45) is -3.18. The molecule has 1 atom stereocenters. The highest BCUT2D eigenvalue weighted by molar-refractivity contribution is 8.03. The molecule has 1 aromatic rings. The van der Waals surface area contributed by atoms with E-state index < -0.39 is 23.5 Å². The van der Waals surface area contributed by atoms with Crippen molar-refractivity contribution in [1.29, 1.82) is 0 Å². The summed E-state index contributed by atoms with van der Waals surface area (Å²) in [4.78, 5) is 15.8. The normalized spacial score (nSPS) is 20.8. The Bertz CT molecular complexity index is 895. The quantitative estimate of drug-likeness (QED) is 0.639. The first-order chi connectivity index (χ1) is 14.6. The first kappa shape index (κ1) is 23.6. The van der Waals surface area contributed by atoms with Gasteiger partial charge in [0.2, 0.25) is 0 Å². The van der Waals surface area contributed by atoms with Crippen LogP contribution in [0.25, 0.3) is 0 Å². The summed E-state index contributed by atoms with van der Waals surface area (Å²) in [5, 5.41) is 10.3. The van der Waals surface area contributed by atoms with Crippen LogP contribution in [0.2, 0.25) is 0 Å². The molecule has 1 unspecified atom stereocenters. The maximum Gasteiger partial charge on any atom is 0.416 e. The van der Waals surface area contributed by atoms with Gasteiger partial charge in [-0.15, -0.1) is 11.8 Å². The number of carboxylic acids is 1. The molecule has 1 aromatic carbocycles. The SMILES string of the molecule is CCSC1=C(C(=O)O)C(C)=CC(N2CCOCC2)N1Cc1ccc(C(F)(F)F)cc1F. The van der Waals surface area contributed by atoms with E-state index in [1.54, 1.807) is 11.8 Å². The topological polar surface area (TPSA) is 53.0 Å². The van der Waals surface area contributed by atoms with Crippen molar-refractivity contribution in [3.05, 3.63) is 57.4 Å². The average molecular weight is 460 g/mol. The molecular formula is C21H24F4N2O3S. The molecule has 170 valence electrons.